The molecule has 0 unspecified atom stereocenters. The number of aromatic nitrogens is 1. The van der Waals surface area contributed by atoms with Crippen LogP contribution in [0, 0.1) is 17.1 Å². The van der Waals surface area contributed by atoms with Crippen molar-refractivity contribution in [3.63, 3.8) is 0 Å². The number of nitriles is 1. The second-order valence-electron chi connectivity index (χ2n) is 5.24. The van der Waals surface area contributed by atoms with E-state index >= 15 is 0 Å². The second-order valence-corrected chi connectivity index (χ2v) is 5.24. The van der Waals surface area contributed by atoms with Gasteiger partial charge in [-0.05, 0) is 18.2 Å². The number of nitrogens with zero attached hydrogens (tertiary/aromatic N) is 3. The molecule has 0 spiro atoms. The normalized spacial score (nSPS) is 16.2. The highest BCUT2D eigenvalue weighted by Gasteiger charge is 2.23. The minimum atomic E-state index is -1.13. The summed E-state index contributed by atoms with van der Waals surface area (Å²) in [6, 6.07) is 8.24. The molecule has 0 bridgehead atoms. The van der Waals surface area contributed by atoms with Gasteiger partial charge in [-0.1, -0.05) is 11.2 Å². The molecule has 1 aromatic carbocycles. The number of nitrogens with one attached hydrogen (secondary N) is 1. The van der Waals surface area contributed by atoms with Crippen LogP contribution in [-0.4, -0.2) is 34.1 Å². The Hall–Kier alpha value is -3.34. The molecule has 0 aliphatic carbocycles. The molecule has 0 saturated heterocycles. The molecule has 8 heteroatoms. The third kappa shape index (κ3) is 3.20. The number of carbonyl (C=O) groups is 1. The number of oxime groups is 1. The Labute approximate surface area is 136 Å². The summed E-state index contributed by atoms with van der Waals surface area (Å²) >= 11 is 0. The quantitative estimate of drug-likeness (QED) is 0.899. The number of benzene rings is 1. The van der Waals surface area contributed by atoms with Crippen molar-refractivity contribution in [1.82, 2.24) is 9.88 Å². The van der Waals surface area contributed by atoms with Crippen molar-refractivity contribution in [2.75, 3.05) is 6.54 Å². The van der Waals surface area contributed by atoms with Gasteiger partial charge in [0.25, 0.3) is 0 Å². The fourth-order valence-corrected chi connectivity index (χ4v) is 2.42. The Kier molecular flexibility index (Phi) is 4.16. The summed E-state index contributed by atoms with van der Waals surface area (Å²) in [5.74, 6) is -0.456. The maximum Gasteiger partial charge on any atom is 0.404 e. The highest BCUT2D eigenvalue weighted by molar-refractivity contribution is 6.01. The molecule has 1 aromatic heterocycles. The van der Waals surface area contributed by atoms with Crippen LogP contribution in [0.5, 0.6) is 0 Å². The molecule has 3 rings (SSSR count). The molecule has 1 atom stereocenters. The number of amides is 1. The van der Waals surface area contributed by atoms with Gasteiger partial charge in [-0.2, -0.15) is 5.26 Å². The average molecular weight is 328 g/mol. The van der Waals surface area contributed by atoms with Crippen molar-refractivity contribution < 1.29 is 19.1 Å². The predicted molar refractivity (Wildman–Crippen MR) is 82.5 cm³/mol. The van der Waals surface area contributed by atoms with Crippen LogP contribution in [0.2, 0.25) is 0 Å². The molecule has 7 nitrogen and oxygen atoms in total. The highest BCUT2D eigenvalue weighted by atomic mass is 19.1. The zero-order chi connectivity index (χ0) is 17.1. The molecule has 1 aliphatic heterocycles. The summed E-state index contributed by atoms with van der Waals surface area (Å²) in [7, 11) is 0. The summed E-state index contributed by atoms with van der Waals surface area (Å²) in [6.07, 6.45) is 2.01. The number of carboxylic acid groups (broad SMARTS) is 1. The smallest absolute Gasteiger partial charge is 0.404 e. The molecule has 24 heavy (non-hydrogen) atoms. The van der Waals surface area contributed by atoms with E-state index < -0.39 is 18.0 Å². The third-order valence-electron chi connectivity index (χ3n) is 3.59. The van der Waals surface area contributed by atoms with Gasteiger partial charge >= 0.3 is 6.09 Å². The van der Waals surface area contributed by atoms with Crippen LogP contribution in [0.4, 0.5) is 9.18 Å². The zero-order valence-corrected chi connectivity index (χ0v) is 12.4. The van der Waals surface area contributed by atoms with E-state index in [1.165, 1.54) is 10.6 Å². The Morgan fingerprint density at radius 2 is 2.38 bits per heavy atom. The van der Waals surface area contributed by atoms with Crippen LogP contribution in [0.3, 0.4) is 0 Å². The van der Waals surface area contributed by atoms with Gasteiger partial charge in [0.1, 0.15) is 11.9 Å². The summed E-state index contributed by atoms with van der Waals surface area (Å²) in [6.45, 7) is 0.114. The Balaban J connectivity index is 1.74. The Morgan fingerprint density at radius 3 is 3.04 bits per heavy atom. The van der Waals surface area contributed by atoms with Gasteiger partial charge in [-0.15, -0.1) is 0 Å². The zero-order valence-electron chi connectivity index (χ0n) is 12.4. The fourth-order valence-electron chi connectivity index (χ4n) is 2.42. The van der Waals surface area contributed by atoms with Gasteiger partial charge in [0, 0.05) is 24.4 Å². The van der Waals surface area contributed by atoms with Crippen molar-refractivity contribution in [2.24, 2.45) is 5.16 Å². The molecule has 0 radical (unpaired) electrons. The summed E-state index contributed by atoms with van der Waals surface area (Å²) in [5.41, 5.74) is 1.90. The van der Waals surface area contributed by atoms with E-state index in [1.807, 2.05) is 6.07 Å². The topological polar surface area (TPSA) is 99.6 Å². The van der Waals surface area contributed by atoms with Gasteiger partial charge in [-0.3, -0.25) is 0 Å². The lowest BCUT2D eigenvalue weighted by atomic mass is 10.0. The Morgan fingerprint density at radius 1 is 1.54 bits per heavy atom. The average Bonchev–Trinajstić information content (AvgIpc) is 3.22. The van der Waals surface area contributed by atoms with Crippen molar-refractivity contribution in [3.8, 4) is 11.8 Å². The first kappa shape index (κ1) is 15.6. The molecule has 0 fully saturated rings. The van der Waals surface area contributed by atoms with Crippen LogP contribution in [-0.2, 0) is 4.84 Å². The maximum atomic E-state index is 14.4. The van der Waals surface area contributed by atoms with Crippen molar-refractivity contribution in [3.05, 3.63) is 53.6 Å². The van der Waals surface area contributed by atoms with Crippen molar-refractivity contribution in [2.45, 2.75) is 12.5 Å². The third-order valence-corrected chi connectivity index (χ3v) is 3.59. The fraction of sp³-hybridized carbons (Fsp3) is 0.188. The molecular weight excluding hydrogens is 315 g/mol. The first-order valence-electron chi connectivity index (χ1n) is 7.14. The SMILES string of the molecule is N#Cc1ccn(-c2ccc(C3=NO[C@@H](CNC(=O)O)C3)cc2F)c1. The van der Waals surface area contributed by atoms with Crippen LogP contribution >= 0.6 is 0 Å². The predicted octanol–water partition coefficient (Wildman–Crippen LogP) is 2.25. The molecule has 2 aromatic rings. The molecular formula is C16H13FN4O3. The first-order valence-corrected chi connectivity index (χ1v) is 7.14. The van der Waals surface area contributed by atoms with E-state index in [-0.39, 0.29) is 6.54 Å². The van der Waals surface area contributed by atoms with Crippen molar-refractivity contribution >= 4 is 11.8 Å². The molecule has 2 heterocycles. The molecule has 122 valence electrons. The largest absolute Gasteiger partial charge is 0.465 e. The molecule has 0 saturated carbocycles. The van der Waals surface area contributed by atoms with Gasteiger partial charge in [0.15, 0.2) is 6.10 Å². The van der Waals surface area contributed by atoms with Crippen LogP contribution < -0.4 is 5.32 Å². The van der Waals surface area contributed by atoms with E-state index in [0.29, 0.717) is 28.9 Å². The minimum absolute atomic E-state index is 0.114. The summed E-state index contributed by atoms with van der Waals surface area (Å²) in [5, 5.41) is 23.5. The summed E-state index contributed by atoms with van der Waals surface area (Å²) in [4.78, 5) is 15.6. The standard InChI is InChI=1S/C16H13FN4O3/c17-13-5-11(14-6-12(24-20-14)8-19-16(22)23)1-2-15(13)21-4-3-10(7-18)9-21/h1-5,9,12,19H,6,8H2,(H,22,23)/t12-/m1/s1. The maximum absolute atomic E-state index is 14.4. The van der Waals surface area contributed by atoms with E-state index in [0.717, 1.165) is 0 Å². The van der Waals surface area contributed by atoms with Gasteiger partial charge in [-0.25, -0.2) is 9.18 Å². The highest BCUT2D eigenvalue weighted by Crippen LogP contribution is 2.21. The number of halogens is 1. The molecule has 1 amide bonds. The molecule has 2 N–H and O–H groups in total. The minimum Gasteiger partial charge on any atom is -0.465 e. The van der Waals surface area contributed by atoms with Crippen molar-refractivity contribution in [1.29, 1.82) is 5.26 Å². The lowest BCUT2D eigenvalue weighted by Gasteiger charge is -2.08. The second kappa shape index (κ2) is 6.42. The summed E-state index contributed by atoms with van der Waals surface area (Å²) < 4.78 is 15.9. The number of hydrogen-bond acceptors (Lipinski definition) is 4. The van der Waals surface area contributed by atoms with Gasteiger partial charge in [0.05, 0.1) is 23.5 Å². The number of rotatable bonds is 4. The molecule has 1 aliphatic rings. The van der Waals surface area contributed by atoms with Gasteiger partial charge in [0.2, 0.25) is 0 Å². The monoisotopic (exact) mass is 328 g/mol. The van der Waals surface area contributed by atoms with Crippen LogP contribution in [0.1, 0.15) is 17.5 Å². The first-order chi connectivity index (χ1) is 11.6. The number of hydrogen-bond donors (Lipinski definition) is 2. The van der Waals surface area contributed by atoms with Gasteiger partial charge < -0.3 is 19.8 Å². The van der Waals surface area contributed by atoms with Crippen LogP contribution in [0.25, 0.3) is 5.69 Å². The lowest BCUT2D eigenvalue weighted by molar-refractivity contribution is 0.0841. The van der Waals surface area contributed by atoms with E-state index in [2.05, 4.69) is 10.5 Å². The van der Waals surface area contributed by atoms with E-state index in [4.69, 9.17) is 15.2 Å². The van der Waals surface area contributed by atoms with Crippen LogP contribution in [0.15, 0.2) is 41.8 Å². The lowest BCUT2D eigenvalue weighted by Crippen LogP contribution is -2.30. The van der Waals surface area contributed by atoms with E-state index in [1.54, 1.807) is 30.6 Å². The van der Waals surface area contributed by atoms with E-state index in [9.17, 15) is 9.18 Å². The Bertz CT molecular complexity index is 853.